The number of nitrogens with zero attached hydrogens (tertiary/aromatic N) is 1. The zero-order valence-electron chi connectivity index (χ0n) is 4.40. The SMILES string of the molecule is CNc1[nH]ncc1F. The molecular weight excluding hydrogens is 109 g/mol. The lowest BCUT2D eigenvalue weighted by Crippen LogP contribution is -1.89. The topological polar surface area (TPSA) is 40.7 Å². The third-order valence-corrected chi connectivity index (χ3v) is 0.843. The Morgan fingerprint density at radius 2 is 2.62 bits per heavy atom. The highest BCUT2D eigenvalue weighted by molar-refractivity contribution is 5.32. The van der Waals surface area contributed by atoms with Crippen LogP contribution >= 0.6 is 0 Å². The van der Waals surface area contributed by atoms with Gasteiger partial charge in [0.25, 0.3) is 0 Å². The molecular formula is C4H6FN3. The maximum atomic E-state index is 12.2. The Morgan fingerprint density at radius 3 is 2.88 bits per heavy atom. The van der Waals surface area contributed by atoms with Crippen molar-refractivity contribution in [2.75, 3.05) is 12.4 Å². The average Bonchev–Trinajstić information content (AvgIpc) is 2.14. The van der Waals surface area contributed by atoms with Gasteiger partial charge in [-0.3, -0.25) is 5.10 Å². The number of halogens is 1. The molecule has 0 unspecified atom stereocenters. The van der Waals surface area contributed by atoms with Crippen molar-refractivity contribution in [2.45, 2.75) is 0 Å². The Bertz CT molecular complexity index is 172. The molecule has 0 atom stereocenters. The number of hydrogen-bond acceptors (Lipinski definition) is 2. The van der Waals surface area contributed by atoms with Crippen LogP contribution in [0.25, 0.3) is 0 Å². The maximum absolute atomic E-state index is 12.2. The summed E-state index contributed by atoms with van der Waals surface area (Å²) in [6, 6.07) is 0. The number of aromatic amines is 1. The third-order valence-electron chi connectivity index (χ3n) is 0.843. The first-order chi connectivity index (χ1) is 3.84. The lowest BCUT2D eigenvalue weighted by Gasteiger charge is -1.88. The predicted molar refractivity (Wildman–Crippen MR) is 28.1 cm³/mol. The summed E-state index contributed by atoms with van der Waals surface area (Å²) in [5, 5.41) is 8.43. The smallest absolute Gasteiger partial charge is 0.184 e. The number of aromatic nitrogens is 2. The molecule has 0 bridgehead atoms. The minimum atomic E-state index is -0.354. The monoisotopic (exact) mass is 115 g/mol. The Labute approximate surface area is 45.9 Å². The van der Waals surface area contributed by atoms with Gasteiger partial charge in [0.1, 0.15) is 0 Å². The molecule has 0 aliphatic carbocycles. The van der Waals surface area contributed by atoms with Gasteiger partial charge in [-0.2, -0.15) is 5.10 Å². The van der Waals surface area contributed by atoms with E-state index in [1.54, 1.807) is 7.05 Å². The molecule has 0 spiro atoms. The molecule has 0 saturated carbocycles. The van der Waals surface area contributed by atoms with Crippen LogP contribution in [0.4, 0.5) is 10.2 Å². The molecule has 44 valence electrons. The molecule has 3 nitrogen and oxygen atoms in total. The summed E-state index contributed by atoms with van der Waals surface area (Å²) in [6.45, 7) is 0. The van der Waals surface area contributed by atoms with E-state index in [2.05, 4.69) is 15.5 Å². The number of rotatable bonds is 1. The van der Waals surface area contributed by atoms with E-state index in [0.29, 0.717) is 5.82 Å². The second kappa shape index (κ2) is 1.81. The van der Waals surface area contributed by atoms with Crippen LogP contribution in [-0.2, 0) is 0 Å². The molecule has 0 saturated heterocycles. The lowest BCUT2D eigenvalue weighted by molar-refractivity contribution is 0.632. The van der Waals surface area contributed by atoms with Crippen molar-refractivity contribution in [3.8, 4) is 0 Å². The van der Waals surface area contributed by atoms with Crippen molar-refractivity contribution in [2.24, 2.45) is 0 Å². The van der Waals surface area contributed by atoms with Gasteiger partial charge in [-0.05, 0) is 0 Å². The Morgan fingerprint density at radius 1 is 1.88 bits per heavy atom. The fourth-order valence-electron chi connectivity index (χ4n) is 0.447. The molecule has 0 aliphatic heterocycles. The van der Waals surface area contributed by atoms with Gasteiger partial charge in [0.05, 0.1) is 6.20 Å². The molecule has 1 rings (SSSR count). The van der Waals surface area contributed by atoms with Crippen molar-refractivity contribution in [3.63, 3.8) is 0 Å². The van der Waals surface area contributed by atoms with Crippen LogP contribution in [0.3, 0.4) is 0 Å². The summed E-state index contributed by atoms with van der Waals surface area (Å²) in [5.41, 5.74) is 0. The van der Waals surface area contributed by atoms with Crippen molar-refractivity contribution >= 4 is 5.82 Å². The van der Waals surface area contributed by atoms with Gasteiger partial charge in [-0.1, -0.05) is 0 Å². The van der Waals surface area contributed by atoms with Crippen LogP contribution in [0, 0.1) is 5.82 Å². The zero-order chi connectivity index (χ0) is 5.98. The molecule has 0 radical (unpaired) electrons. The summed E-state index contributed by atoms with van der Waals surface area (Å²) >= 11 is 0. The Hall–Kier alpha value is -1.06. The summed E-state index contributed by atoms with van der Waals surface area (Å²) in [6.07, 6.45) is 1.12. The standard InChI is InChI=1S/C4H6FN3/c1-6-4-3(5)2-7-8-4/h2H,1H3,(H2,6,7,8). The van der Waals surface area contributed by atoms with E-state index >= 15 is 0 Å². The molecule has 2 N–H and O–H groups in total. The highest BCUT2D eigenvalue weighted by atomic mass is 19.1. The number of anilines is 1. The number of hydrogen-bond donors (Lipinski definition) is 2. The molecule has 0 aliphatic rings. The molecule has 8 heavy (non-hydrogen) atoms. The molecule has 0 fully saturated rings. The van der Waals surface area contributed by atoms with E-state index in [9.17, 15) is 4.39 Å². The van der Waals surface area contributed by atoms with Crippen LogP contribution in [0.15, 0.2) is 6.20 Å². The number of nitrogens with one attached hydrogen (secondary N) is 2. The maximum Gasteiger partial charge on any atom is 0.184 e. The Balaban J connectivity index is 2.92. The fraction of sp³-hybridized carbons (Fsp3) is 0.250. The van der Waals surface area contributed by atoms with Gasteiger partial charge in [-0.25, -0.2) is 4.39 Å². The van der Waals surface area contributed by atoms with Crippen LogP contribution in [0.1, 0.15) is 0 Å². The van der Waals surface area contributed by atoms with Gasteiger partial charge >= 0.3 is 0 Å². The van der Waals surface area contributed by atoms with E-state index in [1.807, 2.05) is 0 Å². The first-order valence-corrected chi connectivity index (χ1v) is 2.21. The van der Waals surface area contributed by atoms with E-state index in [1.165, 1.54) is 0 Å². The van der Waals surface area contributed by atoms with Crippen LogP contribution in [0.5, 0.6) is 0 Å². The summed E-state index contributed by atoms with van der Waals surface area (Å²) < 4.78 is 12.2. The second-order valence-corrected chi connectivity index (χ2v) is 1.34. The van der Waals surface area contributed by atoms with Crippen LogP contribution < -0.4 is 5.32 Å². The molecule has 4 heteroatoms. The zero-order valence-corrected chi connectivity index (χ0v) is 4.40. The summed E-state index contributed by atoms with van der Waals surface area (Å²) in [5.74, 6) is -0.0301. The van der Waals surface area contributed by atoms with Crippen molar-refractivity contribution < 1.29 is 4.39 Å². The molecule has 1 aromatic heterocycles. The minimum Gasteiger partial charge on any atom is -0.371 e. The van der Waals surface area contributed by atoms with E-state index in [0.717, 1.165) is 6.20 Å². The van der Waals surface area contributed by atoms with E-state index in [-0.39, 0.29) is 5.82 Å². The quantitative estimate of drug-likeness (QED) is 0.562. The first kappa shape index (κ1) is 5.08. The van der Waals surface area contributed by atoms with Crippen LogP contribution in [0.2, 0.25) is 0 Å². The van der Waals surface area contributed by atoms with Crippen molar-refractivity contribution in [3.05, 3.63) is 12.0 Å². The van der Waals surface area contributed by atoms with Gasteiger partial charge in [-0.15, -0.1) is 0 Å². The predicted octanol–water partition coefficient (Wildman–Crippen LogP) is 0.590. The van der Waals surface area contributed by atoms with Gasteiger partial charge in [0.15, 0.2) is 11.6 Å². The molecule has 0 aromatic carbocycles. The van der Waals surface area contributed by atoms with E-state index in [4.69, 9.17) is 0 Å². The fourth-order valence-corrected chi connectivity index (χ4v) is 0.447. The summed E-state index contributed by atoms with van der Waals surface area (Å²) in [7, 11) is 1.62. The van der Waals surface area contributed by atoms with Crippen molar-refractivity contribution in [1.29, 1.82) is 0 Å². The highest BCUT2D eigenvalue weighted by Gasteiger charge is 1.97. The van der Waals surface area contributed by atoms with Gasteiger partial charge < -0.3 is 5.32 Å². The lowest BCUT2D eigenvalue weighted by atomic mass is 10.6. The highest BCUT2D eigenvalue weighted by Crippen LogP contribution is 2.04. The van der Waals surface area contributed by atoms with Gasteiger partial charge in [0.2, 0.25) is 0 Å². The largest absolute Gasteiger partial charge is 0.371 e. The molecule has 0 amide bonds. The third kappa shape index (κ3) is 0.641. The van der Waals surface area contributed by atoms with Gasteiger partial charge in [0, 0.05) is 7.05 Å². The average molecular weight is 115 g/mol. The number of H-pyrrole nitrogens is 1. The first-order valence-electron chi connectivity index (χ1n) is 2.21. The van der Waals surface area contributed by atoms with E-state index < -0.39 is 0 Å². The van der Waals surface area contributed by atoms with Crippen molar-refractivity contribution in [1.82, 2.24) is 10.2 Å². The summed E-state index contributed by atoms with van der Waals surface area (Å²) in [4.78, 5) is 0. The normalized spacial score (nSPS) is 9.25. The minimum absolute atomic E-state index is 0.324. The van der Waals surface area contributed by atoms with Crippen LogP contribution in [-0.4, -0.2) is 17.2 Å². The molecule has 1 aromatic rings. The Kier molecular flexibility index (Phi) is 1.15. The second-order valence-electron chi connectivity index (χ2n) is 1.34. The molecule has 1 heterocycles.